The predicted molar refractivity (Wildman–Crippen MR) is 88.3 cm³/mol. The zero-order valence-electron chi connectivity index (χ0n) is 13.5. The summed E-state index contributed by atoms with van der Waals surface area (Å²) in [7, 11) is 1.86. The van der Waals surface area contributed by atoms with Gasteiger partial charge in [-0.3, -0.25) is 14.6 Å². The minimum Gasteiger partial charge on any atom is -0.374 e. The molecule has 1 unspecified atom stereocenters. The van der Waals surface area contributed by atoms with E-state index in [0.717, 1.165) is 25.2 Å². The molecule has 5 nitrogen and oxygen atoms in total. The number of nitrogens with two attached hydrogens (primary N) is 1. The van der Waals surface area contributed by atoms with Gasteiger partial charge in [0.05, 0.1) is 19.3 Å². The number of hydrogen-bond donors (Lipinski definition) is 1. The van der Waals surface area contributed by atoms with Crippen molar-refractivity contribution in [2.75, 3.05) is 46.4 Å². The average molecular weight is 321 g/mol. The summed E-state index contributed by atoms with van der Waals surface area (Å²) in [6.45, 7) is 4.11. The SMILES string of the molecule is CN(CC(N)=O)CC1CN(C/C=C/c2ccc(F)cc2)CCO1. The molecule has 1 heterocycles. The Hall–Kier alpha value is -1.76. The van der Waals surface area contributed by atoms with Crippen LogP contribution < -0.4 is 5.73 Å². The summed E-state index contributed by atoms with van der Waals surface area (Å²) in [5.41, 5.74) is 6.18. The van der Waals surface area contributed by atoms with Crippen LogP contribution >= 0.6 is 0 Å². The van der Waals surface area contributed by atoms with Crippen molar-refractivity contribution < 1.29 is 13.9 Å². The van der Waals surface area contributed by atoms with Gasteiger partial charge in [0.1, 0.15) is 5.82 Å². The highest BCUT2D eigenvalue weighted by Gasteiger charge is 2.21. The highest BCUT2D eigenvalue weighted by Crippen LogP contribution is 2.08. The molecular formula is C17H24FN3O2. The highest BCUT2D eigenvalue weighted by atomic mass is 19.1. The van der Waals surface area contributed by atoms with E-state index in [9.17, 15) is 9.18 Å². The van der Waals surface area contributed by atoms with Crippen molar-refractivity contribution >= 4 is 12.0 Å². The van der Waals surface area contributed by atoms with Gasteiger partial charge in [-0.1, -0.05) is 24.3 Å². The number of nitrogens with zero attached hydrogens (tertiary/aromatic N) is 2. The molecule has 126 valence electrons. The maximum atomic E-state index is 12.8. The number of rotatable bonds is 7. The quantitative estimate of drug-likeness (QED) is 0.812. The molecule has 2 rings (SSSR count). The van der Waals surface area contributed by atoms with Gasteiger partial charge < -0.3 is 10.5 Å². The minimum absolute atomic E-state index is 0.0762. The maximum absolute atomic E-state index is 12.8. The lowest BCUT2D eigenvalue weighted by atomic mass is 10.2. The molecule has 0 bridgehead atoms. The molecule has 1 fully saturated rings. The van der Waals surface area contributed by atoms with Gasteiger partial charge in [0.25, 0.3) is 0 Å². The Morgan fingerprint density at radius 1 is 1.48 bits per heavy atom. The number of halogens is 1. The Labute approximate surface area is 136 Å². The van der Waals surface area contributed by atoms with Crippen LogP contribution in [-0.4, -0.2) is 68.2 Å². The monoisotopic (exact) mass is 321 g/mol. The summed E-state index contributed by atoms with van der Waals surface area (Å²) in [6, 6.07) is 6.43. The first-order valence-electron chi connectivity index (χ1n) is 7.76. The number of ether oxygens (including phenoxy) is 1. The van der Waals surface area contributed by atoms with Gasteiger partial charge in [-0.25, -0.2) is 4.39 Å². The molecule has 0 radical (unpaired) electrons. The number of benzene rings is 1. The molecule has 23 heavy (non-hydrogen) atoms. The largest absolute Gasteiger partial charge is 0.374 e. The van der Waals surface area contributed by atoms with Gasteiger partial charge in [0.2, 0.25) is 5.91 Å². The lowest BCUT2D eigenvalue weighted by molar-refractivity contribution is -0.119. The number of carbonyl (C=O) groups is 1. The molecule has 1 saturated heterocycles. The van der Waals surface area contributed by atoms with Gasteiger partial charge in [-0.2, -0.15) is 0 Å². The molecule has 2 N–H and O–H groups in total. The lowest BCUT2D eigenvalue weighted by Crippen LogP contribution is -2.47. The van der Waals surface area contributed by atoms with E-state index >= 15 is 0 Å². The number of hydrogen-bond acceptors (Lipinski definition) is 4. The molecule has 0 saturated carbocycles. The fraction of sp³-hybridized carbons (Fsp3) is 0.471. The van der Waals surface area contributed by atoms with Crippen LogP contribution in [0.3, 0.4) is 0 Å². The Balaban J connectivity index is 1.77. The molecule has 1 amide bonds. The summed E-state index contributed by atoms with van der Waals surface area (Å²) in [5, 5.41) is 0. The Morgan fingerprint density at radius 3 is 2.91 bits per heavy atom. The van der Waals surface area contributed by atoms with Crippen molar-refractivity contribution in [3.8, 4) is 0 Å². The van der Waals surface area contributed by atoms with Gasteiger partial charge in [0, 0.05) is 26.2 Å². The highest BCUT2D eigenvalue weighted by molar-refractivity contribution is 5.75. The van der Waals surface area contributed by atoms with Gasteiger partial charge in [-0.15, -0.1) is 0 Å². The normalized spacial score (nSPS) is 19.5. The van der Waals surface area contributed by atoms with Gasteiger partial charge in [-0.05, 0) is 24.7 Å². The fourth-order valence-corrected chi connectivity index (χ4v) is 2.65. The van der Waals surface area contributed by atoms with E-state index in [1.54, 1.807) is 12.1 Å². The second kappa shape index (κ2) is 8.76. The average Bonchev–Trinajstić information content (AvgIpc) is 2.49. The van der Waals surface area contributed by atoms with Crippen molar-refractivity contribution in [1.82, 2.24) is 9.80 Å². The first-order chi connectivity index (χ1) is 11.0. The molecular weight excluding hydrogens is 297 g/mol. The van der Waals surface area contributed by atoms with Crippen LogP contribution in [0.25, 0.3) is 6.08 Å². The zero-order valence-corrected chi connectivity index (χ0v) is 13.5. The molecule has 1 atom stereocenters. The van der Waals surface area contributed by atoms with Crippen molar-refractivity contribution in [2.45, 2.75) is 6.10 Å². The number of likely N-dealkylation sites (N-methyl/N-ethyl adjacent to an activating group) is 1. The van der Waals surface area contributed by atoms with Crippen LogP contribution in [0.15, 0.2) is 30.3 Å². The second-order valence-electron chi connectivity index (χ2n) is 5.87. The molecule has 0 aromatic heterocycles. The van der Waals surface area contributed by atoms with Crippen LogP contribution in [0, 0.1) is 5.82 Å². The van der Waals surface area contributed by atoms with E-state index in [4.69, 9.17) is 10.5 Å². The van der Waals surface area contributed by atoms with E-state index in [1.165, 1.54) is 12.1 Å². The van der Waals surface area contributed by atoms with Crippen molar-refractivity contribution in [3.63, 3.8) is 0 Å². The van der Waals surface area contributed by atoms with Crippen LogP contribution in [-0.2, 0) is 9.53 Å². The van der Waals surface area contributed by atoms with Crippen LogP contribution in [0.1, 0.15) is 5.56 Å². The summed E-state index contributed by atoms with van der Waals surface area (Å²) < 4.78 is 18.6. The first kappa shape index (κ1) is 17.6. The number of amides is 1. The summed E-state index contributed by atoms with van der Waals surface area (Å²) in [4.78, 5) is 15.1. The van der Waals surface area contributed by atoms with E-state index in [-0.39, 0.29) is 24.4 Å². The second-order valence-corrected chi connectivity index (χ2v) is 5.87. The molecule has 6 heteroatoms. The number of carbonyl (C=O) groups excluding carboxylic acids is 1. The summed E-state index contributed by atoms with van der Waals surface area (Å²) >= 11 is 0. The fourth-order valence-electron chi connectivity index (χ4n) is 2.65. The summed E-state index contributed by atoms with van der Waals surface area (Å²) in [6.07, 6.45) is 4.14. The summed E-state index contributed by atoms with van der Waals surface area (Å²) in [5.74, 6) is -0.555. The van der Waals surface area contributed by atoms with Crippen LogP contribution in [0.5, 0.6) is 0 Å². The zero-order chi connectivity index (χ0) is 16.7. The molecule has 1 aromatic rings. The third-order valence-corrected chi connectivity index (χ3v) is 3.71. The molecule has 1 aliphatic rings. The maximum Gasteiger partial charge on any atom is 0.231 e. The van der Waals surface area contributed by atoms with E-state index in [1.807, 2.05) is 18.0 Å². The van der Waals surface area contributed by atoms with E-state index in [0.29, 0.717) is 13.2 Å². The Bertz CT molecular complexity index is 533. The van der Waals surface area contributed by atoms with Crippen LogP contribution in [0.2, 0.25) is 0 Å². The lowest BCUT2D eigenvalue weighted by Gasteiger charge is -2.34. The van der Waals surface area contributed by atoms with Crippen molar-refractivity contribution in [2.24, 2.45) is 5.73 Å². The number of morpholine rings is 1. The molecule has 1 aliphatic heterocycles. The smallest absolute Gasteiger partial charge is 0.231 e. The van der Waals surface area contributed by atoms with Gasteiger partial charge in [0.15, 0.2) is 0 Å². The topological polar surface area (TPSA) is 58.8 Å². The Morgan fingerprint density at radius 2 is 2.22 bits per heavy atom. The van der Waals surface area contributed by atoms with Gasteiger partial charge >= 0.3 is 0 Å². The third kappa shape index (κ3) is 6.48. The molecule has 0 spiro atoms. The van der Waals surface area contributed by atoms with Crippen LogP contribution in [0.4, 0.5) is 4.39 Å². The predicted octanol–water partition coefficient (Wildman–Crippen LogP) is 0.957. The molecule has 1 aromatic carbocycles. The minimum atomic E-state index is -0.331. The van der Waals surface area contributed by atoms with Crippen molar-refractivity contribution in [3.05, 3.63) is 41.7 Å². The van der Waals surface area contributed by atoms with Crippen molar-refractivity contribution in [1.29, 1.82) is 0 Å². The van der Waals surface area contributed by atoms with E-state index < -0.39 is 0 Å². The molecule has 0 aliphatic carbocycles. The first-order valence-corrected chi connectivity index (χ1v) is 7.76. The standard InChI is InChI=1S/C17H24FN3O2/c1-20(13-17(19)22)11-16-12-21(9-10-23-16)8-2-3-14-4-6-15(18)7-5-14/h2-7,16H,8-13H2,1H3,(H2,19,22)/b3-2+. The third-order valence-electron chi connectivity index (χ3n) is 3.71. The Kier molecular flexibility index (Phi) is 6.70. The number of primary amides is 1. The van der Waals surface area contributed by atoms with E-state index in [2.05, 4.69) is 11.0 Å².